The summed E-state index contributed by atoms with van der Waals surface area (Å²) in [5.74, 6) is 0.184. The molecule has 0 radical (unpaired) electrons. The molecule has 2 aliphatic heterocycles. The van der Waals surface area contributed by atoms with Gasteiger partial charge in [0.1, 0.15) is 0 Å². The van der Waals surface area contributed by atoms with Gasteiger partial charge in [-0.25, -0.2) is 8.42 Å². The molecule has 3 rings (SSSR count). The van der Waals surface area contributed by atoms with Crippen LogP contribution in [0.2, 0.25) is 0 Å². The lowest BCUT2D eigenvalue weighted by Crippen LogP contribution is -2.47. The number of nitrogens with zero attached hydrogens (tertiary/aromatic N) is 2. The Kier molecular flexibility index (Phi) is 7.09. The number of amides is 1. The SMILES string of the molecule is CC(NCc1ccccc1CN1CCOCC1)C(=O)N(C)C1CCS(=O)(=O)C1. The zero-order valence-electron chi connectivity index (χ0n) is 16.8. The highest BCUT2D eigenvalue weighted by Gasteiger charge is 2.33. The van der Waals surface area contributed by atoms with E-state index in [1.54, 1.807) is 11.9 Å². The average molecular weight is 410 g/mol. The minimum absolute atomic E-state index is 0.0623. The molecular formula is C20H31N3O4S. The van der Waals surface area contributed by atoms with Gasteiger partial charge in [0.25, 0.3) is 0 Å². The Morgan fingerprint density at radius 3 is 2.61 bits per heavy atom. The van der Waals surface area contributed by atoms with E-state index in [4.69, 9.17) is 4.74 Å². The number of hydrogen-bond donors (Lipinski definition) is 1. The minimum atomic E-state index is -3.00. The summed E-state index contributed by atoms with van der Waals surface area (Å²) < 4.78 is 28.8. The summed E-state index contributed by atoms with van der Waals surface area (Å²) in [4.78, 5) is 16.7. The van der Waals surface area contributed by atoms with E-state index in [-0.39, 0.29) is 29.5 Å². The van der Waals surface area contributed by atoms with E-state index >= 15 is 0 Å². The number of carbonyl (C=O) groups excluding carboxylic acids is 1. The highest BCUT2D eigenvalue weighted by molar-refractivity contribution is 7.91. The quantitative estimate of drug-likeness (QED) is 0.712. The summed E-state index contributed by atoms with van der Waals surface area (Å²) in [5.41, 5.74) is 2.44. The van der Waals surface area contributed by atoms with Crippen LogP contribution in [0.3, 0.4) is 0 Å². The maximum Gasteiger partial charge on any atom is 0.239 e. The highest BCUT2D eigenvalue weighted by Crippen LogP contribution is 2.18. The van der Waals surface area contributed by atoms with Crippen molar-refractivity contribution in [1.82, 2.24) is 15.1 Å². The number of sulfone groups is 1. The summed E-state index contributed by atoms with van der Waals surface area (Å²) in [6, 6.07) is 7.70. The highest BCUT2D eigenvalue weighted by atomic mass is 32.2. The molecule has 8 heteroatoms. The Morgan fingerprint density at radius 1 is 1.29 bits per heavy atom. The second kappa shape index (κ2) is 9.35. The predicted octanol–water partition coefficient (Wildman–Crippen LogP) is 0.642. The number of nitrogens with one attached hydrogen (secondary N) is 1. The fourth-order valence-corrected chi connectivity index (χ4v) is 5.58. The second-order valence-electron chi connectivity index (χ2n) is 7.77. The first-order chi connectivity index (χ1) is 13.4. The minimum Gasteiger partial charge on any atom is -0.379 e. The molecule has 2 unspecified atom stereocenters. The molecule has 2 atom stereocenters. The van der Waals surface area contributed by atoms with Gasteiger partial charge in [-0.05, 0) is 24.5 Å². The molecule has 2 heterocycles. The monoisotopic (exact) mass is 409 g/mol. The van der Waals surface area contributed by atoms with Crippen molar-refractivity contribution in [1.29, 1.82) is 0 Å². The molecule has 0 aromatic heterocycles. The third-order valence-corrected chi connectivity index (χ3v) is 7.44. The van der Waals surface area contributed by atoms with Crippen molar-refractivity contribution < 1.29 is 17.9 Å². The van der Waals surface area contributed by atoms with Gasteiger partial charge in [0.05, 0.1) is 30.8 Å². The number of benzene rings is 1. The third kappa shape index (κ3) is 5.53. The van der Waals surface area contributed by atoms with Crippen LogP contribution in [0, 0.1) is 0 Å². The third-order valence-electron chi connectivity index (χ3n) is 5.69. The number of morpholine rings is 1. The Labute approximate surface area is 167 Å². The van der Waals surface area contributed by atoms with Crippen molar-refractivity contribution in [2.75, 3.05) is 44.9 Å². The normalized spacial score (nSPS) is 23.4. The fraction of sp³-hybridized carbons (Fsp3) is 0.650. The molecule has 1 aromatic rings. The smallest absolute Gasteiger partial charge is 0.239 e. The molecule has 2 saturated heterocycles. The van der Waals surface area contributed by atoms with Crippen molar-refractivity contribution >= 4 is 15.7 Å². The number of carbonyl (C=O) groups is 1. The summed E-state index contributed by atoms with van der Waals surface area (Å²) in [5, 5.41) is 3.32. The first-order valence-corrected chi connectivity index (χ1v) is 11.8. The first kappa shape index (κ1) is 21.2. The van der Waals surface area contributed by atoms with Crippen molar-refractivity contribution in [2.24, 2.45) is 0 Å². The van der Waals surface area contributed by atoms with Crippen LogP contribution >= 0.6 is 0 Å². The van der Waals surface area contributed by atoms with E-state index in [0.717, 1.165) is 32.8 Å². The maximum absolute atomic E-state index is 12.7. The lowest BCUT2D eigenvalue weighted by Gasteiger charge is -2.28. The van der Waals surface area contributed by atoms with Crippen molar-refractivity contribution in [2.45, 2.75) is 38.5 Å². The molecule has 2 fully saturated rings. The predicted molar refractivity (Wildman–Crippen MR) is 109 cm³/mol. The van der Waals surface area contributed by atoms with Crippen LogP contribution in [0.1, 0.15) is 24.5 Å². The Hall–Kier alpha value is -1.48. The van der Waals surface area contributed by atoms with E-state index in [1.807, 2.05) is 19.1 Å². The molecule has 1 amide bonds. The Balaban J connectivity index is 1.55. The largest absolute Gasteiger partial charge is 0.379 e. The molecule has 0 bridgehead atoms. The molecule has 0 aliphatic carbocycles. The van der Waals surface area contributed by atoms with Gasteiger partial charge in [-0.1, -0.05) is 24.3 Å². The summed E-state index contributed by atoms with van der Waals surface area (Å²) >= 11 is 0. The summed E-state index contributed by atoms with van der Waals surface area (Å²) in [7, 11) is -1.30. The topological polar surface area (TPSA) is 79.0 Å². The van der Waals surface area contributed by atoms with Crippen LogP contribution in [-0.4, -0.2) is 81.1 Å². The van der Waals surface area contributed by atoms with Gasteiger partial charge in [0.15, 0.2) is 9.84 Å². The second-order valence-corrected chi connectivity index (χ2v) is 9.99. The van der Waals surface area contributed by atoms with Crippen molar-refractivity contribution in [3.8, 4) is 0 Å². The van der Waals surface area contributed by atoms with E-state index in [1.165, 1.54) is 11.1 Å². The van der Waals surface area contributed by atoms with Gasteiger partial charge in [-0.15, -0.1) is 0 Å². The van der Waals surface area contributed by atoms with E-state index in [2.05, 4.69) is 22.3 Å². The summed E-state index contributed by atoms with van der Waals surface area (Å²) in [6.07, 6.45) is 0.527. The number of hydrogen-bond acceptors (Lipinski definition) is 6. The molecule has 156 valence electrons. The molecule has 2 aliphatic rings. The zero-order chi connectivity index (χ0) is 20.1. The van der Waals surface area contributed by atoms with E-state index < -0.39 is 9.84 Å². The number of ether oxygens (including phenoxy) is 1. The first-order valence-electron chi connectivity index (χ1n) is 9.93. The van der Waals surface area contributed by atoms with Crippen LogP contribution in [0.25, 0.3) is 0 Å². The number of rotatable bonds is 7. The lowest BCUT2D eigenvalue weighted by atomic mass is 10.1. The zero-order valence-corrected chi connectivity index (χ0v) is 17.6. The molecule has 28 heavy (non-hydrogen) atoms. The van der Waals surface area contributed by atoms with Gasteiger partial charge < -0.3 is 15.0 Å². The van der Waals surface area contributed by atoms with Gasteiger partial charge >= 0.3 is 0 Å². The van der Waals surface area contributed by atoms with E-state index in [9.17, 15) is 13.2 Å². The molecule has 0 spiro atoms. The van der Waals surface area contributed by atoms with Crippen molar-refractivity contribution in [3.05, 3.63) is 35.4 Å². The molecule has 1 aromatic carbocycles. The van der Waals surface area contributed by atoms with Gasteiger partial charge in [-0.3, -0.25) is 9.69 Å². The molecule has 1 N–H and O–H groups in total. The lowest BCUT2D eigenvalue weighted by molar-refractivity contribution is -0.133. The standard InChI is InChI=1S/C20H31N3O4S/c1-16(20(24)22(2)19-7-12-28(25,26)15-19)21-13-17-5-3-4-6-18(17)14-23-8-10-27-11-9-23/h3-6,16,19,21H,7-15H2,1-2H3. The van der Waals surface area contributed by atoms with Crippen LogP contribution in [0.15, 0.2) is 24.3 Å². The van der Waals surface area contributed by atoms with Crippen LogP contribution in [0.4, 0.5) is 0 Å². The molecule has 7 nitrogen and oxygen atoms in total. The average Bonchev–Trinajstić information content (AvgIpc) is 3.06. The Bertz CT molecular complexity index is 777. The van der Waals surface area contributed by atoms with Gasteiger partial charge in [0.2, 0.25) is 5.91 Å². The van der Waals surface area contributed by atoms with Crippen LogP contribution < -0.4 is 5.32 Å². The van der Waals surface area contributed by atoms with Crippen LogP contribution in [0.5, 0.6) is 0 Å². The number of likely N-dealkylation sites (N-methyl/N-ethyl adjacent to an activating group) is 1. The van der Waals surface area contributed by atoms with Crippen molar-refractivity contribution in [3.63, 3.8) is 0 Å². The van der Waals surface area contributed by atoms with Gasteiger partial charge in [0, 0.05) is 39.3 Å². The summed E-state index contributed by atoms with van der Waals surface area (Å²) in [6.45, 7) is 6.74. The van der Waals surface area contributed by atoms with Gasteiger partial charge in [-0.2, -0.15) is 0 Å². The molecular weight excluding hydrogens is 378 g/mol. The Morgan fingerprint density at radius 2 is 1.96 bits per heavy atom. The fourth-order valence-electron chi connectivity index (χ4n) is 3.80. The molecule has 0 saturated carbocycles. The van der Waals surface area contributed by atoms with Crippen LogP contribution in [-0.2, 0) is 32.5 Å². The maximum atomic E-state index is 12.7. The van der Waals surface area contributed by atoms with E-state index in [0.29, 0.717) is 13.0 Å².